The Kier molecular flexibility index (Phi) is 3.46. The first-order chi connectivity index (χ1) is 12.1. The van der Waals surface area contributed by atoms with Gasteiger partial charge in [0.15, 0.2) is 11.5 Å². The maximum absolute atomic E-state index is 11.7. The van der Waals surface area contributed by atoms with E-state index in [1.807, 2.05) is 67.6 Å². The summed E-state index contributed by atoms with van der Waals surface area (Å²) < 4.78 is 12.5. The predicted molar refractivity (Wildman–Crippen MR) is 93.1 cm³/mol. The summed E-state index contributed by atoms with van der Waals surface area (Å²) in [5.74, 6) is -1.56. The number of carbonyl (C=O) groups is 1. The van der Waals surface area contributed by atoms with Gasteiger partial charge in [0.05, 0.1) is 0 Å². The summed E-state index contributed by atoms with van der Waals surface area (Å²) in [6.07, 6.45) is 0. The van der Waals surface area contributed by atoms with Crippen molar-refractivity contribution in [2.24, 2.45) is 0 Å². The summed E-state index contributed by atoms with van der Waals surface area (Å²) >= 11 is 0. The fourth-order valence-corrected chi connectivity index (χ4v) is 3.12. The van der Waals surface area contributed by atoms with Crippen molar-refractivity contribution >= 4 is 5.97 Å². The summed E-state index contributed by atoms with van der Waals surface area (Å²) in [5, 5.41) is 9.55. The van der Waals surface area contributed by atoms with Crippen molar-refractivity contribution in [1.82, 2.24) is 0 Å². The summed E-state index contributed by atoms with van der Waals surface area (Å²) in [4.78, 5) is 11.7. The highest BCUT2D eigenvalue weighted by Crippen LogP contribution is 2.49. The molecule has 1 heterocycles. The van der Waals surface area contributed by atoms with Crippen LogP contribution in [0.3, 0.4) is 0 Å². The van der Waals surface area contributed by atoms with E-state index in [1.165, 1.54) is 0 Å². The first-order valence-corrected chi connectivity index (χ1v) is 7.97. The van der Waals surface area contributed by atoms with Crippen molar-refractivity contribution < 1.29 is 19.4 Å². The maximum atomic E-state index is 11.7. The fraction of sp³-hybridized carbons (Fsp3) is 0.0952. The molecule has 0 saturated carbocycles. The minimum atomic E-state index is -1.21. The van der Waals surface area contributed by atoms with E-state index in [1.54, 1.807) is 12.1 Å². The van der Waals surface area contributed by atoms with Crippen LogP contribution < -0.4 is 9.47 Å². The van der Waals surface area contributed by atoms with E-state index in [0.717, 1.165) is 16.7 Å². The number of carboxylic acid groups (broad SMARTS) is 1. The average Bonchev–Trinajstić information content (AvgIpc) is 3.03. The zero-order valence-corrected chi connectivity index (χ0v) is 13.6. The van der Waals surface area contributed by atoms with Crippen LogP contribution in [0.2, 0.25) is 0 Å². The zero-order chi connectivity index (χ0) is 17.4. The van der Waals surface area contributed by atoms with Gasteiger partial charge in [-0.3, -0.25) is 0 Å². The Morgan fingerprint density at radius 2 is 1.44 bits per heavy atom. The third-order valence-corrected chi connectivity index (χ3v) is 4.24. The molecule has 0 fully saturated rings. The lowest BCUT2D eigenvalue weighted by Gasteiger charge is -2.28. The number of hydrogen-bond acceptors (Lipinski definition) is 3. The van der Waals surface area contributed by atoms with E-state index >= 15 is 0 Å². The van der Waals surface area contributed by atoms with Crippen molar-refractivity contribution in [3.05, 3.63) is 95.1 Å². The highest BCUT2D eigenvalue weighted by atomic mass is 16.7. The molecule has 0 aliphatic carbocycles. The van der Waals surface area contributed by atoms with Crippen LogP contribution in [0.1, 0.15) is 27.0 Å². The van der Waals surface area contributed by atoms with Gasteiger partial charge < -0.3 is 14.6 Å². The van der Waals surface area contributed by atoms with Crippen LogP contribution in [0.25, 0.3) is 0 Å². The van der Waals surface area contributed by atoms with Crippen molar-refractivity contribution in [2.75, 3.05) is 0 Å². The second kappa shape index (κ2) is 5.67. The molecule has 0 amide bonds. The molecule has 0 radical (unpaired) electrons. The van der Waals surface area contributed by atoms with Crippen LogP contribution >= 0.6 is 0 Å². The molecule has 0 unspecified atom stereocenters. The largest absolute Gasteiger partial charge is 0.478 e. The quantitative estimate of drug-likeness (QED) is 0.774. The van der Waals surface area contributed by atoms with Gasteiger partial charge >= 0.3 is 11.8 Å². The Morgan fingerprint density at radius 3 is 1.96 bits per heavy atom. The molecule has 0 bridgehead atoms. The van der Waals surface area contributed by atoms with Gasteiger partial charge in [0.25, 0.3) is 0 Å². The van der Waals surface area contributed by atoms with Gasteiger partial charge in [0.1, 0.15) is 5.56 Å². The first kappa shape index (κ1) is 15.3. The standard InChI is InChI=1S/C21H16O4/c1-14-12-17(20(22)23)19-18(13-14)24-21(25-19,15-8-4-2-5-9-15)16-10-6-3-7-11-16/h2-13H,1H3,(H,22,23). The summed E-state index contributed by atoms with van der Waals surface area (Å²) in [5.41, 5.74) is 2.50. The minimum absolute atomic E-state index is 0.101. The van der Waals surface area contributed by atoms with Crippen molar-refractivity contribution in [3.8, 4) is 11.5 Å². The van der Waals surface area contributed by atoms with Gasteiger partial charge in [-0.25, -0.2) is 4.79 Å². The van der Waals surface area contributed by atoms with Crippen LogP contribution in [0.4, 0.5) is 0 Å². The Hall–Kier alpha value is -3.27. The van der Waals surface area contributed by atoms with Gasteiger partial charge in [-0.2, -0.15) is 0 Å². The van der Waals surface area contributed by atoms with Crippen LogP contribution in [0.5, 0.6) is 11.5 Å². The van der Waals surface area contributed by atoms with Crippen LogP contribution in [0.15, 0.2) is 72.8 Å². The highest BCUT2D eigenvalue weighted by molar-refractivity contribution is 5.92. The van der Waals surface area contributed by atoms with Crippen LogP contribution in [0, 0.1) is 6.92 Å². The summed E-state index contributed by atoms with van der Waals surface area (Å²) in [7, 11) is 0. The lowest BCUT2D eigenvalue weighted by molar-refractivity contribution is -0.0462. The molecule has 0 aromatic heterocycles. The molecule has 0 atom stereocenters. The smallest absolute Gasteiger partial charge is 0.339 e. The van der Waals surface area contributed by atoms with E-state index in [0.29, 0.717) is 5.75 Å². The number of rotatable bonds is 3. The van der Waals surface area contributed by atoms with Gasteiger partial charge in [0, 0.05) is 11.1 Å². The molecule has 3 aromatic rings. The van der Waals surface area contributed by atoms with Crippen molar-refractivity contribution in [3.63, 3.8) is 0 Å². The van der Waals surface area contributed by atoms with Crippen LogP contribution in [-0.4, -0.2) is 11.1 Å². The van der Waals surface area contributed by atoms with Crippen molar-refractivity contribution in [2.45, 2.75) is 12.7 Å². The maximum Gasteiger partial charge on any atom is 0.339 e. The van der Waals surface area contributed by atoms with Gasteiger partial charge in [0.2, 0.25) is 0 Å². The second-order valence-corrected chi connectivity index (χ2v) is 6.00. The molecule has 4 heteroatoms. The SMILES string of the molecule is Cc1cc2c(c(C(=O)O)c1)OC(c1ccccc1)(c1ccccc1)O2. The number of hydrogen-bond donors (Lipinski definition) is 1. The van der Waals surface area contributed by atoms with E-state index in [4.69, 9.17) is 9.47 Å². The summed E-state index contributed by atoms with van der Waals surface area (Å²) in [6.45, 7) is 1.83. The molecule has 3 aromatic carbocycles. The molecule has 25 heavy (non-hydrogen) atoms. The molecule has 124 valence electrons. The van der Waals surface area contributed by atoms with E-state index in [-0.39, 0.29) is 11.3 Å². The lowest BCUT2D eigenvalue weighted by Crippen LogP contribution is -2.36. The number of carboxylic acids is 1. The fourth-order valence-electron chi connectivity index (χ4n) is 3.12. The van der Waals surface area contributed by atoms with E-state index < -0.39 is 11.8 Å². The molecule has 1 aliphatic heterocycles. The number of fused-ring (bicyclic) bond motifs is 1. The van der Waals surface area contributed by atoms with E-state index in [9.17, 15) is 9.90 Å². The van der Waals surface area contributed by atoms with Gasteiger partial charge in [-0.05, 0) is 24.6 Å². The number of aryl methyl sites for hydroxylation is 1. The molecular formula is C21H16O4. The number of ether oxygens (including phenoxy) is 2. The molecule has 1 N–H and O–H groups in total. The average molecular weight is 332 g/mol. The lowest BCUT2D eigenvalue weighted by atomic mass is 9.97. The third kappa shape index (κ3) is 2.43. The van der Waals surface area contributed by atoms with Gasteiger partial charge in [-0.1, -0.05) is 60.7 Å². The van der Waals surface area contributed by atoms with Crippen molar-refractivity contribution in [1.29, 1.82) is 0 Å². The van der Waals surface area contributed by atoms with Crippen LogP contribution in [-0.2, 0) is 5.79 Å². The highest BCUT2D eigenvalue weighted by Gasteiger charge is 2.46. The Bertz CT molecular complexity index is 893. The predicted octanol–water partition coefficient (Wildman–Crippen LogP) is 4.37. The Labute approximate surface area is 145 Å². The summed E-state index contributed by atoms with van der Waals surface area (Å²) in [6, 6.07) is 22.5. The molecular weight excluding hydrogens is 316 g/mol. The molecule has 0 saturated heterocycles. The topological polar surface area (TPSA) is 55.8 Å². The second-order valence-electron chi connectivity index (χ2n) is 6.00. The normalized spacial score (nSPS) is 14.3. The monoisotopic (exact) mass is 332 g/mol. The molecule has 4 nitrogen and oxygen atoms in total. The Balaban J connectivity index is 1.94. The number of benzene rings is 3. The molecule has 1 aliphatic rings. The Morgan fingerprint density at radius 1 is 0.880 bits per heavy atom. The number of aromatic carboxylic acids is 1. The van der Waals surface area contributed by atoms with Gasteiger partial charge in [-0.15, -0.1) is 0 Å². The zero-order valence-electron chi connectivity index (χ0n) is 13.6. The first-order valence-electron chi connectivity index (χ1n) is 7.97. The van der Waals surface area contributed by atoms with E-state index in [2.05, 4.69) is 0 Å². The molecule has 4 rings (SSSR count). The third-order valence-electron chi connectivity index (χ3n) is 4.24. The minimum Gasteiger partial charge on any atom is -0.478 e. The molecule has 0 spiro atoms.